The second kappa shape index (κ2) is 5.05. The molecule has 0 atom stereocenters. The first kappa shape index (κ1) is 11.1. The monoisotopic (exact) mass is 210 g/mol. The molecule has 0 saturated heterocycles. The van der Waals surface area contributed by atoms with Crippen LogP contribution in [0.25, 0.3) is 0 Å². The van der Waals surface area contributed by atoms with Crippen molar-refractivity contribution >= 4 is 18.4 Å². The molecule has 0 aliphatic rings. The van der Waals surface area contributed by atoms with Gasteiger partial charge in [0.05, 0.1) is 12.9 Å². The van der Waals surface area contributed by atoms with Gasteiger partial charge in [0.1, 0.15) is 5.75 Å². The van der Waals surface area contributed by atoms with E-state index in [0.29, 0.717) is 5.56 Å². The molecule has 1 aromatic rings. The molecule has 1 rings (SSSR count). The van der Waals surface area contributed by atoms with E-state index < -0.39 is 0 Å². The molecule has 0 N–H and O–H groups in total. The van der Waals surface area contributed by atoms with Gasteiger partial charge >= 0.3 is 0 Å². The van der Waals surface area contributed by atoms with Crippen molar-refractivity contribution in [2.75, 3.05) is 12.9 Å². The zero-order valence-corrected chi connectivity index (χ0v) is 9.30. The van der Waals surface area contributed by atoms with E-state index in [9.17, 15) is 4.79 Å². The van der Waals surface area contributed by atoms with Crippen molar-refractivity contribution in [3.05, 3.63) is 29.3 Å². The van der Waals surface area contributed by atoms with E-state index in [2.05, 4.69) is 12.6 Å². The summed E-state index contributed by atoms with van der Waals surface area (Å²) < 4.78 is 5.17. The number of methoxy groups -OCH3 is 1. The van der Waals surface area contributed by atoms with Gasteiger partial charge in [-0.1, -0.05) is 6.92 Å². The Hall–Kier alpha value is -0.960. The summed E-state index contributed by atoms with van der Waals surface area (Å²) in [4.78, 5) is 11.4. The maximum atomic E-state index is 11.4. The van der Waals surface area contributed by atoms with Crippen LogP contribution in [0.4, 0.5) is 0 Å². The Morgan fingerprint density at radius 2 is 2.21 bits per heavy atom. The predicted molar refractivity (Wildman–Crippen MR) is 60.6 cm³/mol. The van der Waals surface area contributed by atoms with Crippen molar-refractivity contribution in [1.82, 2.24) is 0 Å². The molecule has 0 saturated carbocycles. The minimum absolute atomic E-state index is 0.0469. The highest BCUT2D eigenvalue weighted by atomic mass is 32.1. The van der Waals surface area contributed by atoms with Crippen LogP contribution in [0, 0.1) is 0 Å². The van der Waals surface area contributed by atoms with Gasteiger partial charge in [0.25, 0.3) is 0 Å². The number of ether oxygens (including phenoxy) is 1. The highest BCUT2D eigenvalue weighted by Crippen LogP contribution is 2.20. The molecule has 0 fully saturated rings. The molecule has 3 heteroatoms. The lowest BCUT2D eigenvalue weighted by Gasteiger charge is -2.07. The third kappa shape index (κ3) is 2.29. The Labute approximate surface area is 89.7 Å². The molecule has 0 radical (unpaired) electrons. The average Bonchev–Trinajstić information content (AvgIpc) is 2.26. The van der Waals surface area contributed by atoms with Crippen molar-refractivity contribution < 1.29 is 9.53 Å². The van der Waals surface area contributed by atoms with E-state index in [0.717, 1.165) is 17.7 Å². The van der Waals surface area contributed by atoms with Gasteiger partial charge in [-0.25, -0.2) is 0 Å². The van der Waals surface area contributed by atoms with Crippen LogP contribution in [-0.4, -0.2) is 18.6 Å². The third-order valence-corrected chi connectivity index (χ3v) is 2.41. The molecule has 0 heterocycles. The van der Waals surface area contributed by atoms with Crippen molar-refractivity contribution in [1.29, 1.82) is 0 Å². The Balaban J connectivity index is 3.07. The summed E-state index contributed by atoms with van der Waals surface area (Å²) in [6, 6.07) is 5.48. The molecule has 0 aromatic heterocycles. The summed E-state index contributed by atoms with van der Waals surface area (Å²) >= 11 is 3.96. The van der Waals surface area contributed by atoms with E-state index in [1.807, 2.05) is 19.1 Å². The van der Waals surface area contributed by atoms with Crippen molar-refractivity contribution in [2.45, 2.75) is 13.3 Å². The fourth-order valence-corrected chi connectivity index (χ4v) is 1.50. The summed E-state index contributed by atoms with van der Waals surface area (Å²) in [6.45, 7) is 2.03. The number of rotatable bonds is 4. The highest BCUT2D eigenvalue weighted by Gasteiger charge is 2.07. The number of aryl methyl sites for hydroxylation is 1. The van der Waals surface area contributed by atoms with Crippen LogP contribution in [0.3, 0.4) is 0 Å². The molecular formula is C11H14O2S. The van der Waals surface area contributed by atoms with Crippen LogP contribution in [0.5, 0.6) is 5.75 Å². The van der Waals surface area contributed by atoms with Crippen LogP contribution in [-0.2, 0) is 6.42 Å². The lowest BCUT2D eigenvalue weighted by atomic mass is 10.1. The topological polar surface area (TPSA) is 26.3 Å². The molecule has 0 bridgehead atoms. The van der Waals surface area contributed by atoms with Crippen LogP contribution in [0.1, 0.15) is 22.8 Å². The molecule has 0 unspecified atom stereocenters. The zero-order valence-electron chi connectivity index (χ0n) is 8.41. The number of hydrogen-bond acceptors (Lipinski definition) is 3. The first-order chi connectivity index (χ1) is 6.72. The van der Waals surface area contributed by atoms with Crippen LogP contribution >= 0.6 is 12.6 Å². The summed E-state index contributed by atoms with van der Waals surface area (Å²) in [7, 11) is 1.63. The van der Waals surface area contributed by atoms with E-state index in [1.54, 1.807) is 13.2 Å². The summed E-state index contributed by atoms with van der Waals surface area (Å²) in [6.07, 6.45) is 0.858. The molecule has 76 valence electrons. The number of carbonyl (C=O) groups is 1. The molecule has 0 spiro atoms. The average molecular weight is 210 g/mol. The molecule has 2 nitrogen and oxygen atoms in total. The number of Topliss-reactive ketones (excluding diaryl/α,β-unsaturated/α-hetero) is 1. The fraction of sp³-hybridized carbons (Fsp3) is 0.364. The molecule has 0 amide bonds. The lowest BCUT2D eigenvalue weighted by Crippen LogP contribution is -2.02. The number of hydrogen-bond donors (Lipinski definition) is 1. The minimum Gasteiger partial charge on any atom is -0.496 e. The third-order valence-electron chi connectivity index (χ3n) is 2.13. The molecule has 0 aliphatic carbocycles. The molecule has 0 aliphatic heterocycles. The second-order valence-electron chi connectivity index (χ2n) is 2.96. The number of ketones is 1. The van der Waals surface area contributed by atoms with Crippen molar-refractivity contribution in [2.24, 2.45) is 0 Å². The van der Waals surface area contributed by atoms with Gasteiger partial charge in [0, 0.05) is 5.56 Å². The highest BCUT2D eigenvalue weighted by molar-refractivity contribution is 7.81. The van der Waals surface area contributed by atoms with Gasteiger partial charge in [-0.15, -0.1) is 0 Å². The lowest BCUT2D eigenvalue weighted by molar-refractivity contribution is 0.102. The van der Waals surface area contributed by atoms with Crippen molar-refractivity contribution in [3.63, 3.8) is 0 Å². The van der Waals surface area contributed by atoms with Gasteiger partial charge in [-0.05, 0) is 30.2 Å². The fourth-order valence-electron chi connectivity index (χ4n) is 1.32. The standard InChI is InChI=1S/C11H14O2S/c1-3-8-6-9(10(12)7-14)4-5-11(8)13-2/h4-6,14H,3,7H2,1-2H3. The van der Waals surface area contributed by atoms with Gasteiger partial charge < -0.3 is 4.74 Å². The SMILES string of the molecule is CCc1cc(C(=O)CS)ccc1OC. The van der Waals surface area contributed by atoms with E-state index in [1.165, 1.54) is 0 Å². The predicted octanol–water partition coefficient (Wildman–Crippen LogP) is 2.37. The smallest absolute Gasteiger partial charge is 0.172 e. The zero-order chi connectivity index (χ0) is 10.6. The Kier molecular flexibility index (Phi) is 4.01. The second-order valence-corrected chi connectivity index (χ2v) is 3.28. The summed E-state index contributed by atoms with van der Waals surface area (Å²) in [5.74, 6) is 1.13. The van der Waals surface area contributed by atoms with Crippen molar-refractivity contribution in [3.8, 4) is 5.75 Å². The van der Waals surface area contributed by atoms with Crippen LogP contribution in [0.15, 0.2) is 18.2 Å². The summed E-state index contributed by atoms with van der Waals surface area (Å²) in [5.41, 5.74) is 1.76. The van der Waals surface area contributed by atoms with E-state index in [-0.39, 0.29) is 11.5 Å². The molecule has 1 aromatic carbocycles. The first-order valence-corrected chi connectivity index (χ1v) is 5.17. The Morgan fingerprint density at radius 3 is 2.71 bits per heavy atom. The summed E-state index contributed by atoms with van der Waals surface area (Å²) in [5, 5.41) is 0. The van der Waals surface area contributed by atoms with Crippen LogP contribution in [0.2, 0.25) is 0 Å². The Bertz CT molecular complexity index is 334. The molecule has 14 heavy (non-hydrogen) atoms. The first-order valence-electron chi connectivity index (χ1n) is 4.53. The van der Waals surface area contributed by atoms with Gasteiger partial charge in [0.2, 0.25) is 0 Å². The van der Waals surface area contributed by atoms with Gasteiger partial charge in [-0.2, -0.15) is 12.6 Å². The largest absolute Gasteiger partial charge is 0.496 e. The number of carbonyl (C=O) groups excluding carboxylic acids is 1. The van der Waals surface area contributed by atoms with E-state index in [4.69, 9.17) is 4.74 Å². The normalized spacial score (nSPS) is 9.93. The molecular weight excluding hydrogens is 196 g/mol. The maximum absolute atomic E-state index is 11.4. The van der Waals surface area contributed by atoms with Crippen LogP contribution < -0.4 is 4.74 Å². The number of benzene rings is 1. The maximum Gasteiger partial charge on any atom is 0.172 e. The number of thiol groups is 1. The van der Waals surface area contributed by atoms with Gasteiger partial charge in [-0.3, -0.25) is 4.79 Å². The quantitative estimate of drug-likeness (QED) is 0.610. The van der Waals surface area contributed by atoms with E-state index >= 15 is 0 Å². The van der Waals surface area contributed by atoms with Gasteiger partial charge in [0.15, 0.2) is 5.78 Å². The minimum atomic E-state index is 0.0469. The Morgan fingerprint density at radius 1 is 1.50 bits per heavy atom.